The van der Waals surface area contributed by atoms with E-state index in [1.807, 2.05) is 13.0 Å². The normalized spacial score (nSPS) is 19.7. The maximum atomic E-state index is 11.9. The van der Waals surface area contributed by atoms with Gasteiger partial charge in [-0.2, -0.15) is 5.26 Å². The Kier molecular flexibility index (Phi) is 4.50. The summed E-state index contributed by atoms with van der Waals surface area (Å²) in [4.78, 5) is 14.0. The highest BCUT2D eigenvalue weighted by atomic mass is 16.5. The van der Waals surface area contributed by atoms with E-state index in [1.165, 1.54) is 0 Å². The molecule has 2 rings (SSSR count). The number of morpholine rings is 1. The molecule has 1 fully saturated rings. The molecular formula is C14H17N3O2. The van der Waals surface area contributed by atoms with Crippen molar-refractivity contribution in [1.29, 1.82) is 5.26 Å². The van der Waals surface area contributed by atoms with Gasteiger partial charge >= 0.3 is 0 Å². The van der Waals surface area contributed by atoms with Crippen LogP contribution in [0.25, 0.3) is 0 Å². The lowest BCUT2D eigenvalue weighted by atomic mass is 10.2. The second kappa shape index (κ2) is 6.32. The first-order valence-electron chi connectivity index (χ1n) is 6.31. The van der Waals surface area contributed by atoms with Crippen molar-refractivity contribution in [2.45, 2.75) is 13.0 Å². The lowest BCUT2D eigenvalue weighted by Crippen LogP contribution is -2.47. The summed E-state index contributed by atoms with van der Waals surface area (Å²) in [6, 6.07) is 9.15. The smallest absolute Gasteiger partial charge is 0.238 e. The van der Waals surface area contributed by atoms with Gasteiger partial charge in [0.05, 0.1) is 31.4 Å². The van der Waals surface area contributed by atoms with E-state index in [4.69, 9.17) is 10.00 Å². The summed E-state index contributed by atoms with van der Waals surface area (Å²) < 4.78 is 5.33. The topological polar surface area (TPSA) is 65.4 Å². The van der Waals surface area contributed by atoms with Crippen LogP contribution in [0.3, 0.4) is 0 Å². The zero-order valence-electron chi connectivity index (χ0n) is 10.9. The fourth-order valence-electron chi connectivity index (χ4n) is 2.01. The molecule has 0 aromatic heterocycles. The van der Waals surface area contributed by atoms with Gasteiger partial charge < -0.3 is 10.1 Å². The van der Waals surface area contributed by atoms with E-state index >= 15 is 0 Å². The monoisotopic (exact) mass is 259 g/mol. The molecule has 0 radical (unpaired) electrons. The Hall–Kier alpha value is -1.90. The molecule has 5 nitrogen and oxygen atoms in total. The van der Waals surface area contributed by atoms with Gasteiger partial charge in [-0.3, -0.25) is 9.69 Å². The molecule has 1 aliphatic heterocycles. The van der Waals surface area contributed by atoms with Crippen molar-refractivity contribution in [2.24, 2.45) is 0 Å². The summed E-state index contributed by atoms with van der Waals surface area (Å²) in [5, 5.41) is 11.5. The van der Waals surface area contributed by atoms with Crippen molar-refractivity contribution >= 4 is 11.6 Å². The van der Waals surface area contributed by atoms with Crippen molar-refractivity contribution in [1.82, 2.24) is 4.90 Å². The highest BCUT2D eigenvalue weighted by Crippen LogP contribution is 2.10. The number of nitrogens with one attached hydrogen (secondary N) is 1. The van der Waals surface area contributed by atoms with E-state index < -0.39 is 0 Å². The van der Waals surface area contributed by atoms with E-state index in [2.05, 4.69) is 10.2 Å². The third kappa shape index (κ3) is 3.78. The van der Waals surface area contributed by atoms with Crippen LogP contribution in [0.5, 0.6) is 0 Å². The molecule has 1 unspecified atom stereocenters. The summed E-state index contributed by atoms with van der Waals surface area (Å²) in [6.07, 6.45) is 0. The zero-order valence-corrected chi connectivity index (χ0v) is 10.9. The van der Waals surface area contributed by atoms with Crippen LogP contribution in [-0.4, -0.2) is 43.2 Å². The molecule has 0 aliphatic carbocycles. The number of anilines is 1. The standard InChI is InChI=1S/C14H17N3O2/c1-11-10-19-7-6-17(11)9-14(18)16-13-4-2-12(8-15)3-5-13/h2-5,11H,6-7,9-10H2,1H3,(H,16,18). The van der Waals surface area contributed by atoms with Gasteiger partial charge in [-0.05, 0) is 31.2 Å². The summed E-state index contributed by atoms with van der Waals surface area (Å²) in [5.41, 5.74) is 1.30. The van der Waals surface area contributed by atoms with Crippen LogP contribution >= 0.6 is 0 Å². The Morgan fingerprint density at radius 1 is 1.53 bits per heavy atom. The van der Waals surface area contributed by atoms with E-state index in [1.54, 1.807) is 24.3 Å². The van der Waals surface area contributed by atoms with Crippen LogP contribution in [0.15, 0.2) is 24.3 Å². The van der Waals surface area contributed by atoms with Gasteiger partial charge in [-0.25, -0.2) is 0 Å². The molecule has 0 spiro atoms. The number of nitriles is 1. The average molecular weight is 259 g/mol. The second-order valence-electron chi connectivity index (χ2n) is 4.63. The molecule has 100 valence electrons. The van der Waals surface area contributed by atoms with Crippen molar-refractivity contribution in [3.63, 3.8) is 0 Å². The largest absolute Gasteiger partial charge is 0.379 e. The maximum absolute atomic E-state index is 11.9. The fourth-order valence-corrected chi connectivity index (χ4v) is 2.01. The molecule has 1 atom stereocenters. The van der Waals surface area contributed by atoms with Gasteiger partial charge in [0.15, 0.2) is 0 Å². The Morgan fingerprint density at radius 3 is 2.89 bits per heavy atom. The van der Waals surface area contributed by atoms with Crippen LogP contribution in [-0.2, 0) is 9.53 Å². The number of hydrogen-bond acceptors (Lipinski definition) is 4. The van der Waals surface area contributed by atoms with E-state index in [0.717, 1.165) is 6.54 Å². The number of nitrogens with zero attached hydrogens (tertiary/aromatic N) is 2. The van der Waals surface area contributed by atoms with Crippen molar-refractivity contribution in [2.75, 3.05) is 31.6 Å². The Labute approximate surface area is 112 Å². The summed E-state index contributed by atoms with van der Waals surface area (Å²) in [7, 11) is 0. The van der Waals surface area contributed by atoms with Crippen molar-refractivity contribution in [3.8, 4) is 6.07 Å². The van der Waals surface area contributed by atoms with Crippen LogP contribution in [0.2, 0.25) is 0 Å². The summed E-state index contributed by atoms with van der Waals surface area (Å²) >= 11 is 0. The molecule has 5 heteroatoms. The highest BCUT2D eigenvalue weighted by molar-refractivity contribution is 5.92. The van der Waals surface area contributed by atoms with Crippen LogP contribution in [0.4, 0.5) is 5.69 Å². The van der Waals surface area contributed by atoms with Crippen molar-refractivity contribution in [3.05, 3.63) is 29.8 Å². The summed E-state index contributed by atoms with van der Waals surface area (Å²) in [6.45, 7) is 4.54. The van der Waals surface area contributed by atoms with E-state index in [-0.39, 0.29) is 11.9 Å². The summed E-state index contributed by atoms with van der Waals surface area (Å²) in [5.74, 6) is -0.0431. The van der Waals surface area contributed by atoms with Gasteiger partial charge in [0.25, 0.3) is 0 Å². The van der Waals surface area contributed by atoms with Crippen molar-refractivity contribution < 1.29 is 9.53 Å². The minimum atomic E-state index is -0.0431. The van der Waals surface area contributed by atoms with Crippen LogP contribution in [0.1, 0.15) is 12.5 Å². The molecule has 1 heterocycles. The molecule has 1 N–H and O–H groups in total. The lowest BCUT2D eigenvalue weighted by molar-refractivity contribution is -0.119. The molecule has 0 saturated carbocycles. The second-order valence-corrected chi connectivity index (χ2v) is 4.63. The Morgan fingerprint density at radius 2 is 2.26 bits per heavy atom. The van der Waals surface area contributed by atoms with E-state index in [0.29, 0.717) is 31.0 Å². The molecule has 1 aliphatic rings. The quantitative estimate of drug-likeness (QED) is 0.886. The highest BCUT2D eigenvalue weighted by Gasteiger charge is 2.20. The third-order valence-electron chi connectivity index (χ3n) is 3.15. The lowest BCUT2D eigenvalue weighted by Gasteiger charge is -2.32. The number of benzene rings is 1. The number of ether oxygens (including phenoxy) is 1. The first kappa shape index (κ1) is 13.5. The number of carbonyl (C=O) groups excluding carboxylic acids is 1. The zero-order chi connectivity index (χ0) is 13.7. The fraction of sp³-hybridized carbons (Fsp3) is 0.429. The predicted octanol–water partition coefficient (Wildman–Crippen LogP) is 1.22. The van der Waals surface area contributed by atoms with Gasteiger partial charge in [-0.1, -0.05) is 0 Å². The number of rotatable bonds is 3. The minimum Gasteiger partial charge on any atom is -0.379 e. The molecule has 19 heavy (non-hydrogen) atoms. The molecular weight excluding hydrogens is 242 g/mol. The number of hydrogen-bond donors (Lipinski definition) is 1. The molecule has 1 aromatic carbocycles. The van der Waals surface area contributed by atoms with E-state index in [9.17, 15) is 4.79 Å². The molecule has 1 aromatic rings. The Balaban J connectivity index is 1.88. The molecule has 1 saturated heterocycles. The minimum absolute atomic E-state index is 0.0431. The van der Waals surface area contributed by atoms with Gasteiger partial charge in [0.2, 0.25) is 5.91 Å². The number of amides is 1. The Bertz CT molecular complexity index is 478. The average Bonchev–Trinajstić information content (AvgIpc) is 2.42. The van der Waals surface area contributed by atoms with Crippen LogP contribution < -0.4 is 5.32 Å². The van der Waals surface area contributed by atoms with Gasteiger partial charge in [-0.15, -0.1) is 0 Å². The van der Waals surface area contributed by atoms with Crippen LogP contribution in [0, 0.1) is 11.3 Å². The maximum Gasteiger partial charge on any atom is 0.238 e. The SMILES string of the molecule is CC1COCCN1CC(=O)Nc1ccc(C#N)cc1. The van der Waals surface area contributed by atoms with Gasteiger partial charge in [0.1, 0.15) is 0 Å². The number of carbonyl (C=O) groups is 1. The van der Waals surface area contributed by atoms with Gasteiger partial charge in [0, 0.05) is 18.3 Å². The first-order chi connectivity index (χ1) is 9.19. The molecule has 1 amide bonds. The first-order valence-corrected chi connectivity index (χ1v) is 6.31. The molecule has 0 bridgehead atoms. The third-order valence-corrected chi connectivity index (χ3v) is 3.15. The predicted molar refractivity (Wildman–Crippen MR) is 71.6 cm³/mol.